The fourth-order valence-electron chi connectivity index (χ4n) is 1.51. The van der Waals surface area contributed by atoms with Gasteiger partial charge in [0, 0.05) is 12.6 Å². The summed E-state index contributed by atoms with van der Waals surface area (Å²) in [6.07, 6.45) is 2.67. The number of hydrogen-bond donors (Lipinski definition) is 2. The van der Waals surface area contributed by atoms with E-state index in [0.29, 0.717) is 17.3 Å². The normalized spacial score (nSPS) is 10.2. The number of pyridine rings is 1. The van der Waals surface area contributed by atoms with Crippen molar-refractivity contribution in [3.05, 3.63) is 35.9 Å². The summed E-state index contributed by atoms with van der Waals surface area (Å²) in [5, 5.41) is 9.50. The maximum absolute atomic E-state index is 11.9. The lowest BCUT2D eigenvalue weighted by molar-refractivity contribution is 0.102. The van der Waals surface area contributed by atoms with Crippen molar-refractivity contribution in [2.45, 2.75) is 20.3 Å². The number of amides is 1. The van der Waals surface area contributed by atoms with Gasteiger partial charge in [-0.05, 0) is 25.5 Å². The molecule has 0 unspecified atom stereocenters. The van der Waals surface area contributed by atoms with Gasteiger partial charge in [-0.15, -0.1) is 0 Å². The van der Waals surface area contributed by atoms with Crippen LogP contribution in [0.5, 0.6) is 0 Å². The first-order valence-corrected chi connectivity index (χ1v) is 6.13. The fraction of sp³-hybridized carbons (Fsp3) is 0.308. The van der Waals surface area contributed by atoms with E-state index in [1.165, 1.54) is 0 Å². The molecule has 0 aliphatic rings. The molecule has 6 nitrogen and oxygen atoms in total. The predicted molar refractivity (Wildman–Crippen MR) is 72.2 cm³/mol. The van der Waals surface area contributed by atoms with E-state index < -0.39 is 0 Å². The maximum atomic E-state index is 11.9. The predicted octanol–water partition coefficient (Wildman–Crippen LogP) is 2.45. The molecule has 100 valence electrons. The summed E-state index contributed by atoms with van der Waals surface area (Å²) in [6.45, 7) is 4.72. The summed E-state index contributed by atoms with van der Waals surface area (Å²) in [5.41, 5.74) is 1.23. The third kappa shape index (κ3) is 3.54. The minimum absolute atomic E-state index is 0.310. The molecular formula is C13H16N4O2. The van der Waals surface area contributed by atoms with E-state index >= 15 is 0 Å². The van der Waals surface area contributed by atoms with Crippen molar-refractivity contribution in [2.24, 2.45) is 0 Å². The average Bonchev–Trinajstić information content (AvgIpc) is 2.82. The van der Waals surface area contributed by atoms with Gasteiger partial charge in [0.15, 0.2) is 5.82 Å². The molecule has 0 saturated carbocycles. The summed E-state index contributed by atoms with van der Waals surface area (Å²) in [5.74, 6) is 0.718. The van der Waals surface area contributed by atoms with Gasteiger partial charge in [0.25, 0.3) is 5.91 Å². The van der Waals surface area contributed by atoms with E-state index in [9.17, 15) is 4.79 Å². The van der Waals surface area contributed by atoms with Gasteiger partial charge in [-0.2, -0.15) is 0 Å². The van der Waals surface area contributed by atoms with Crippen LogP contribution in [0.2, 0.25) is 0 Å². The SMILES string of the molecule is CCCNc1ccc(C(=O)Nc2cc(C)on2)nc1. The number of aryl methyl sites for hydroxylation is 1. The molecule has 0 radical (unpaired) electrons. The number of rotatable bonds is 5. The fourth-order valence-corrected chi connectivity index (χ4v) is 1.51. The van der Waals surface area contributed by atoms with E-state index in [-0.39, 0.29) is 5.91 Å². The molecule has 0 saturated heterocycles. The Morgan fingerprint density at radius 1 is 1.42 bits per heavy atom. The van der Waals surface area contributed by atoms with Crippen LogP contribution in [0, 0.1) is 6.92 Å². The second kappa shape index (κ2) is 5.99. The maximum Gasteiger partial charge on any atom is 0.275 e. The van der Waals surface area contributed by atoms with Gasteiger partial charge in [-0.1, -0.05) is 12.1 Å². The van der Waals surface area contributed by atoms with E-state index in [0.717, 1.165) is 18.7 Å². The molecule has 19 heavy (non-hydrogen) atoms. The molecule has 0 aliphatic carbocycles. The van der Waals surface area contributed by atoms with Crippen LogP contribution in [-0.2, 0) is 0 Å². The van der Waals surface area contributed by atoms with Crippen LogP contribution in [-0.4, -0.2) is 22.6 Å². The van der Waals surface area contributed by atoms with E-state index in [4.69, 9.17) is 4.52 Å². The molecule has 2 heterocycles. The van der Waals surface area contributed by atoms with Crippen LogP contribution >= 0.6 is 0 Å². The van der Waals surface area contributed by atoms with E-state index in [1.54, 1.807) is 25.3 Å². The summed E-state index contributed by atoms with van der Waals surface area (Å²) < 4.78 is 4.87. The number of carbonyl (C=O) groups excluding carboxylic acids is 1. The zero-order chi connectivity index (χ0) is 13.7. The first-order valence-electron chi connectivity index (χ1n) is 6.13. The lowest BCUT2D eigenvalue weighted by Gasteiger charge is -2.05. The van der Waals surface area contributed by atoms with Crippen LogP contribution in [0.15, 0.2) is 28.9 Å². The second-order valence-electron chi connectivity index (χ2n) is 4.14. The second-order valence-corrected chi connectivity index (χ2v) is 4.14. The Bertz CT molecular complexity index is 548. The third-order valence-corrected chi connectivity index (χ3v) is 2.44. The number of hydrogen-bond acceptors (Lipinski definition) is 5. The lowest BCUT2D eigenvalue weighted by atomic mass is 10.3. The number of nitrogens with one attached hydrogen (secondary N) is 2. The number of carbonyl (C=O) groups is 1. The van der Waals surface area contributed by atoms with Crippen LogP contribution < -0.4 is 10.6 Å². The molecule has 6 heteroatoms. The van der Waals surface area contributed by atoms with Crippen molar-refractivity contribution in [3.63, 3.8) is 0 Å². The van der Waals surface area contributed by atoms with Gasteiger partial charge >= 0.3 is 0 Å². The minimum atomic E-state index is -0.310. The van der Waals surface area contributed by atoms with Crippen LogP contribution in [0.3, 0.4) is 0 Å². The Kier molecular flexibility index (Phi) is 4.12. The highest BCUT2D eigenvalue weighted by atomic mass is 16.5. The Hall–Kier alpha value is -2.37. The van der Waals surface area contributed by atoms with Gasteiger partial charge in [-0.25, -0.2) is 4.98 Å². The van der Waals surface area contributed by atoms with Gasteiger partial charge < -0.3 is 15.2 Å². The van der Waals surface area contributed by atoms with Crippen molar-refractivity contribution in [3.8, 4) is 0 Å². The third-order valence-electron chi connectivity index (χ3n) is 2.44. The molecule has 1 amide bonds. The molecule has 2 rings (SSSR count). The first-order chi connectivity index (χ1) is 9.19. The van der Waals surface area contributed by atoms with Crippen molar-refractivity contribution in [1.82, 2.24) is 10.1 Å². The van der Waals surface area contributed by atoms with Crippen molar-refractivity contribution in [1.29, 1.82) is 0 Å². The quantitative estimate of drug-likeness (QED) is 0.863. The van der Waals surface area contributed by atoms with Crippen molar-refractivity contribution >= 4 is 17.4 Å². The zero-order valence-electron chi connectivity index (χ0n) is 10.9. The molecule has 0 fully saturated rings. The molecule has 2 aromatic rings. The Balaban J connectivity index is 1.99. The largest absolute Gasteiger partial charge is 0.384 e. The van der Waals surface area contributed by atoms with Crippen molar-refractivity contribution < 1.29 is 9.32 Å². The number of nitrogens with zero attached hydrogens (tertiary/aromatic N) is 2. The minimum Gasteiger partial charge on any atom is -0.384 e. The summed E-state index contributed by atoms with van der Waals surface area (Å²) in [4.78, 5) is 16.0. The Morgan fingerprint density at radius 3 is 2.84 bits per heavy atom. The standard InChI is InChI=1S/C13H16N4O2/c1-3-6-14-10-4-5-11(15-8-10)13(18)16-12-7-9(2)19-17-12/h4-5,7-8,14H,3,6H2,1-2H3,(H,16,17,18). The molecule has 0 aromatic carbocycles. The highest BCUT2D eigenvalue weighted by Gasteiger charge is 2.09. The summed E-state index contributed by atoms with van der Waals surface area (Å²) in [7, 11) is 0. The molecule has 2 aromatic heterocycles. The van der Waals surface area contributed by atoms with Gasteiger partial charge in [0.1, 0.15) is 11.5 Å². The highest BCUT2D eigenvalue weighted by Crippen LogP contribution is 2.10. The smallest absolute Gasteiger partial charge is 0.275 e. The molecular weight excluding hydrogens is 244 g/mol. The average molecular weight is 260 g/mol. The number of aromatic nitrogens is 2. The van der Waals surface area contributed by atoms with E-state index in [2.05, 4.69) is 27.7 Å². The van der Waals surface area contributed by atoms with Gasteiger partial charge in [-0.3, -0.25) is 4.79 Å². The van der Waals surface area contributed by atoms with E-state index in [1.807, 2.05) is 6.07 Å². The Labute approximate surface area is 111 Å². The zero-order valence-corrected chi connectivity index (χ0v) is 10.9. The molecule has 0 bridgehead atoms. The molecule has 0 aliphatic heterocycles. The molecule has 2 N–H and O–H groups in total. The Morgan fingerprint density at radius 2 is 2.26 bits per heavy atom. The van der Waals surface area contributed by atoms with Gasteiger partial charge in [0.2, 0.25) is 0 Å². The van der Waals surface area contributed by atoms with Crippen molar-refractivity contribution in [2.75, 3.05) is 17.2 Å². The summed E-state index contributed by atoms with van der Waals surface area (Å²) >= 11 is 0. The summed E-state index contributed by atoms with van der Waals surface area (Å²) in [6, 6.07) is 5.14. The molecule has 0 spiro atoms. The first kappa shape index (κ1) is 13.1. The highest BCUT2D eigenvalue weighted by molar-refractivity contribution is 6.02. The van der Waals surface area contributed by atoms with Gasteiger partial charge in [0.05, 0.1) is 11.9 Å². The lowest BCUT2D eigenvalue weighted by Crippen LogP contribution is -2.14. The van der Waals surface area contributed by atoms with Crippen LogP contribution in [0.1, 0.15) is 29.6 Å². The van der Waals surface area contributed by atoms with Crippen LogP contribution in [0.4, 0.5) is 11.5 Å². The topological polar surface area (TPSA) is 80.0 Å². The molecule has 0 atom stereocenters. The van der Waals surface area contributed by atoms with Crippen LogP contribution in [0.25, 0.3) is 0 Å². The monoisotopic (exact) mass is 260 g/mol. The number of anilines is 2.